The van der Waals surface area contributed by atoms with Crippen LogP contribution >= 0.6 is 0 Å². The minimum atomic E-state index is -3.84. The van der Waals surface area contributed by atoms with E-state index in [9.17, 15) is 18.0 Å². The average Bonchev–Trinajstić information content (AvgIpc) is 2.52. The average molecular weight is 385 g/mol. The standard InChI is InChI=1S/C8H18N2O4S.C5H9NO4/c11-7-5-9-1-3-10(4-2-9)6-8-15(12,13)14;6-3(5(9)10)1-2-4(7)8/h11H,1-8H2,(H,12,13,14);3H,1-2,6H2,(H,7,8)(H,9,10)/t;3-/m.0/s1. The topological polar surface area (TPSA) is 182 Å². The molecule has 0 radical (unpaired) electrons. The van der Waals surface area contributed by atoms with Crippen molar-refractivity contribution in [3.8, 4) is 0 Å². The molecule has 0 aromatic carbocycles. The molecule has 0 saturated carbocycles. The highest BCUT2D eigenvalue weighted by molar-refractivity contribution is 7.85. The molecule has 0 aliphatic carbocycles. The van der Waals surface area contributed by atoms with Gasteiger partial charge in [-0.15, -0.1) is 0 Å². The van der Waals surface area contributed by atoms with Crippen molar-refractivity contribution in [3.05, 3.63) is 0 Å². The summed E-state index contributed by atoms with van der Waals surface area (Å²) >= 11 is 0. The van der Waals surface area contributed by atoms with Crippen LogP contribution in [-0.2, 0) is 19.7 Å². The predicted molar refractivity (Wildman–Crippen MR) is 88.9 cm³/mol. The molecule has 6 N–H and O–H groups in total. The number of hydrogen-bond donors (Lipinski definition) is 5. The third-order valence-electron chi connectivity index (χ3n) is 3.53. The zero-order chi connectivity index (χ0) is 19.5. The highest BCUT2D eigenvalue weighted by atomic mass is 32.2. The van der Waals surface area contributed by atoms with Gasteiger partial charge in [-0.1, -0.05) is 0 Å². The fourth-order valence-electron chi connectivity index (χ4n) is 2.02. The van der Waals surface area contributed by atoms with Gasteiger partial charge in [-0.05, 0) is 6.42 Å². The van der Waals surface area contributed by atoms with Crippen molar-refractivity contribution < 1.29 is 37.9 Å². The van der Waals surface area contributed by atoms with Crippen LogP contribution in [0.25, 0.3) is 0 Å². The largest absolute Gasteiger partial charge is 0.481 e. The summed E-state index contributed by atoms with van der Waals surface area (Å²) in [4.78, 5) is 24.0. The Labute approximate surface area is 146 Å². The van der Waals surface area contributed by atoms with E-state index in [4.69, 9.17) is 25.6 Å². The number of piperazine rings is 1. The number of aliphatic hydroxyl groups is 1. The highest BCUT2D eigenvalue weighted by Crippen LogP contribution is 2.01. The van der Waals surface area contributed by atoms with Crippen LogP contribution in [0.1, 0.15) is 12.8 Å². The Bertz CT molecular complexity index is 505. The summed E-state index contributed by atoms with van der Waals surface area (Å²) in [5.41, 5.74) is 5.00. The van der Waals surface area contributed by atoms with Gasteiger partial charge in [0.25, 0.3) is 10.1 Å². The fourth-order valence-corrected chi connectivity index (χ4v) is 2.51. The van der Waals surface area contributed by atoms with Gasteiger partial charge < -0.3 is 21.1 Å². The molecule has 25 heavy (non-hydrogen) atoms. The number of aliphatic carboxylic acids is 2. The second kappa shape index (κ2) is 12.1. The van der Waals surface area contributed by atoms with Crippen LogP contribution in [0.2, 0.25) is 0 Å². The lowest BCUT2D eigenvalue weighted by Gasteiger charge is -2.33. The second-order valence-corrected chi connectivity index (χ2v) is 7.14. The van der Waals surface area contributed by atoms with Gasteiger partial charge in [-0.2, -0.15) is 8.42 Å². The lowest BCUT2D eigenvalue weighted by Crippen LogP contribution is -2.48. The van der Waals surface area contributed by atoms with Crippen LogP contribution in [0.4, 0.5) is 0 Å². The van der Waals surface area contributed by atoms with E-state index in [0.29, 0.717) is 13.1 Å². The van der Waals surface area contributed by atoms with Gasteiger partial charge in [0, 0.05) is 45.7 Å². The van der Waals surface area contributed by atoms with E-state index in [0.717, 1.165) is 26.2 Å². The van der Waals surface area contributed by atoms with E-state index >= 15 is 0 Å². The van der Waals surface area contributed by atoms with Gasteiger partial charge in [0.15, 0.2) is 0 Å². The van der Waals surface area contributed by atoms with Gasteiger partial charge in [-0.3, -0.25) is 23.9 Å². The van der Waals surface area contributed by atoms with E-state index in [1.165, 1.54) is 0 Å². The zero-order valence-electron chi connectivity index (χ0n) is 14.0. The number of nitrogens with two attached hydrogens (primary N) is 1. The Balaban J connectivity index is 0.000000504. The first-order valence-electron chi connectivity index (χ1n) is 7.76. The molecule has 11 nitrogen and oxygen atoms in total. The molecule has 1 aliphatic rings. The summed E-state index contributed by atoms with van der Waals surface area (Å²) < 4.78 is 29.6. The van der Waals surface area contributed by atoms with Crippen molar-refractivity contribution in [1.82, 2.24) is 9.80 Å². The first kappa shape index (κ1) is 23.7. The van der Waals surface area contributed by atoms with E-state index in [1.807, 2.05) is 4.90 Å². The first-order chi connectivity index (χ1) is 11.5. The SMILES string of the molecule is N[C@@H](CCC(=O)O)C(=O)O.O=S(=O)(O)CCN1CCN(CCO)CC1. The van der Waals surface area contributed by atoms with E-state index in [1.54, 1.807) is 0 Å². The van der Waals surface area contributed by atoms with Gasteiger partial charge in [0.2, 0.25) is 0 Å². The number of nitrogens with zero attached hydrogens (tertiary/aromatic N) is 2. The van der Waals surface area contributed by atoms with Crippen LogP contribution in [0.15, 0.2) is 0 Å². The maximum atomic E-state index is 10.5. The summed E-state index contributed by atoms with van der Waals surface area (Å²) in [5, 5.41) is 25.0. The molecular formula is C13H27N3O8S. The predicted octanol–water partition coefficient (Wildman–Crippen LogP) is -2.25. The Morgan fingerprint density at radius 2 is 1.52 bits per heavy atom. The van der Waals surface area contributed by atoms with Crippen LogP contribution in [0.3, 0.4) is 0 Å². The number of aliphatic hydroxyl groups excluding tert-OH is 1. The molecule has 0 spiro atoms. The minimum absolute atomic E-state index is 0.0231. The summed E-state index contributed by atoms with van der Waals surface area (Å²) in [6.07, 6.45) is -0.224. The van der Waals surface area contributed by atoms with Crippen LogP contribution in [0.5, 0.6) is 0 Å². The molecule has 1 saturated heterocycles. The Hall–Kier alpha value is -1.31. The molecule has 0 bridgehead atoms. The van der Waals surface area contributed by atoms with Gasteiger partial charge >= 0.3 is 11.9 Å². The molecule has 148 valence electrons. The Morgan fingerprint density at radius 1 is 1.04 bits per heavy atom. The van der Waals surface area contributed by atoms with E-state index in [2.05, 4.69) is 4.90 Å². The zero-order valence-corrected chi connectivity index (χ0v) is 14.8. The summed E-state index contributed by atoms with van der Waals surface area (Å²) in [5.74, 6) is -2.40. The minimum Gasteiger partial charge on any atom is -0.481 e. The molecule has 0 aromatic heterocycles. The van der Waals surface area contributed by atoms with Gasteiger partial charge in [-0.25, -0.2) is 0 Å². The van der Waals surface area contributed by atoms with Crippen LogP contribution in [0, 0.1) is 0 Å². The highest BCUT2D eigenvalue weighted by Gasteiger charge is 2.17. The van der Waals surface area contributed by atoms with Crippen molar-refractivity contribution in [3.63, 3.8) is 0 Å². The molecule has 1 rings (SSSR count). The molecule has 1 atom stereocenters. The molecule has 12 heteroatoms. The lowest BCUT2D eigenvalue weighted by molar-refractivity contribution is -0.139. The molecule has 1 aliphatic heterocycles. The van der Waals surface area contributed by atoms with Crippen LogP contribution < -0.4 is 5.73 Å². The van der Waals surface area contributed by atoms with E-state index < -0.39 is 28.1 Å². The summed E-state index contributed by atoms with van der Waals surface area (Å²) in [6, 6.07) is -1.06. The first-order valence-corrected chi connectivity index (χ1v) is 9.37. The number of hydrogen-bond acceptors (Lipinski definition) is 8. The van der Waals surface area contributed by atoms with Crippen molar-refractivity contribution in [2.75, 3.05) is 51.6 Å². The third kappa shape index (κ3) is 13.6. The number of β-amino-alcohol motifs (C(OH)–C–C–N with tert-alkyl or cyclic N) is 1. The van der Waals surface area contributed by atoms with Gasteiger partial charge in [0.1, 0.15) is 6.04 Å². The van der Waals surface area contributed by atoms with Gasteiger partial charge in [0.05, 0.1) is 12.4 Å². The normalized spacial score (nSPS) is 17.4. The van der Waals surface area contributed by atoms with E-state index in [-0.39, 0.29) is 25.2 Å². The van der Waals surface area contributed by atoms with Crippen molar-refractivity contribution in [2.45, 2.75) is 18.9 Å². The van der Waals surface area contributed by atoms with Crippen molar-refractivity contribution in [2.24, 2.45) is 5.73 Å². The number of carboxylic acid groups (broad SMARTS) is 2. The van der Waals surface area contributed by atoms with Crippen molar-refractivity contribution in [1.29, 1.82) is 0 Å². The fraction of sp³-hybridized carbons (Fsp3) is 0.846. The second-order valence-electron chi connectivity index (χ2n) is 5.57. The molecule has 0 unspecified atom stereocenters. The quantitative estimate of drug-likeness (QED) is 0.270. The monoisotopic (exact) mass is 385 g/mol. The number of carboxylic acids is 2. The van der Waals surface area contributed by atoms with Crippen molar-refractivity contribution >= 4 is 22.1 Å². The Morgan fingerprint density at radius 3 is 1.88 bits per heavy atom. The maximum absolute atomic E-state index is 10.5. The molecule has 0 amide bonds. The maximum Gasteiger partial charge on any atom is 0.320 e. The number of carbonyl (C=O) groups is 2. The summed E-state index contributed by atoms with van der Waals surface area (Å²) in [7, 11) is -3.84. The lowest BCUT2D eigenvalue weighted by atomic mass is 10.2. The third-order valence-corrected chi connectivity index (χ3v) is 4.23. The molecule has 0 aromatic rings. The molecule has 1 heterocycles. The molecule has 1 fully saturated rings. The number of rotatable bonds is 9. The summed E-state index contributed by atoms with van der Waals surface area (Å²) in [6.45, 7) is 4.46. The van der Waals surface area contributed by atoms with Crippen LogP contribution in [-0.4, -0.2) is 108 Å². The smallest absolute Gasteiger partial charge is 0.320 e. The molecular weight excluding hydrogens is 358 g/mol. The Kier molecular flexibility index (Phi) is 11.5.